The number of fused-ring (bicyclic) bond motifs is 6. The molecule has 0 unspecified atom stereocenters. The number of halogens is 1. The van der Waals surface area contributed by atoms with E-state index in [1.165, 1.54) is 47.7 Å². The Bertz CT molecular complexity index is 1490. The topological polar surface area (TPSA) is 4.93 Å². The zero-order valence-electron chi connectivity index (χ0n) is 14.3. The summed E-state index contributed by atoms with van der Waals surface area (Å²) in [6, 6.07) is 30.7. The zero-order valence-corrected chi connectivity index (χ0v) is 16.7. The number of thiophene rings is 1. The van der Waals surface area contributed by atoms with E-state index in [0.29, 0.717) is 0 Å². The fourth-order valence-corrected chi connectivity index (χ4v) is 5.51. The van der Waals surface area contributed by atoms with E-state index in [-0.39, 0.29) is 0 Å². The maximum Gasteiger partial charge on any atom is 0.0552 e. The molecule has 6 aromatic rings. The Balaban J connectivity index is 1.76. The molecular weight excluding hydrogens is 414 g/mol. The number of nitrogens with zero attached hydrogens (tertiary/aromatic N) is 1. The van der Waals surface area contributed by atoms with Gasteiger partial charge in [0.15, 0.2) is 0 Å². The Morgan fingerprint density at radius 3 is 2.26 bits per heavy atom. The Labute approximate surface area is 168 Å². The maximum absolute atomic E-state index is 3.65. The first-order valence-electron chi connectivity index (χ1n) is 8.90. The molecule has 0 N–H and O–H groups in total. The summed E-state index contributed by atoms with van der Waals surface area (Å²) < 4.78 is 6.15. The van der Waals surface area contributed by atoms with Crippen molar-refractivity contribution in [1.29, 1.82) is 0 Å². The standard InChI is InChI=1S/C24H14BrNS/c25-15-9-11-18-17-5-1-3-7-21(17)26(22(18)13-15)16-10-12-24-20(14-16)19-6-2-4-8-23(19)27-24/h1-14H. The second-order valence-corrected chi connectivity index (χ2v) is 8.79. The number of rotatable bonds is 1. The SMILES string of the molecule is Brc1ccc2c3ccccc3n(-c3ccc4sc5ccccc5c4c3)c2c1. The number of hydrogen-bond acceptors (Lipinski definition) is 1. The minimum absolute atomic E-state index is 1.10. The van der Waals surface area contributed by atoms with Gasteiger partial charge in [-0.25, -0.2) is 0 Å². The second kappa shape index (κ2) is 5.69. The first-order chi connectivity index (χ1) is 13.3. The summed E-state index contributed by atoms with van der Waals surface area (Å²) in [5.74, 6) is 0. The van der Waals surface area contributed by atoms with Crippen molar-refractivity contribution in [3.63, 3.8) is 0 Å². The molecule has 6 rings (SSSR count). The minimum Gasteiger partial charge on any atom is -0.309 e. The molecule has 27 heavy (non-hydrogen) atoms. The van der Waals surface area contributed by atoms with Crippen LogP contribution < -0.4 is 0 Å². The first-order valence-corrected chi connectivity index (χ1v) is 10.5. The third-order valence-electron chi connectivity index (χ3n) is 5.25. The normalized spacial score (nSPS) is 11.9. The molecule has 3 heteroatoms. The predicted molar refractivity (Wildman–Crippen MR) is 121 cm³/mol. The lowest BCUT2D eigenvalue weighted by molar-refractivity contribution is 1.19. The van der Waals surface area contributed by atoms with Crippen LogP contribution in [0.1, 0.15) is 0 Å². The molecule has 0 saturated heterocycles. The summed E-state index contributed by atoms with van der Waals surface area (Å²) in [7, 11) is 0. The average Bonchev–Trinajstić information content (AvgIpc) is 3.22. The summed E-state index contributed by atoms with van der Waals surface area (Å²) in [6.07, 6.45) is 0. The summed E-state index contributed by atoms with van der Waals surface area (Å²) in [5, 5.41) is 5.23. The van der Waals surface area contributed by atoms with Crippen LogP contribution in [0.3, 0.4) is 0 Å². The van der Waals surface area contributed by atoms with E-state index < -0.39 is 0 Å². The number of aromatic nitrogens is 1. The van der Waals surface area contributed by atoms with Crippen LogP contribution in [0, 0.1) is 0 Å². The van der Waals surface area contributed by atoms with Gasteiger partial charge in [-0.2, -0.15) is 0 Å². The van der Waals surface area contributed by atoms with Crippen LogP contribution in [-0.4, -0.2) is 4.57 Å². The van der Waals surface area contributed by atoms with Gasteiger partial charge in [-0.05, 0) is 42.5 Å². The van der Waals surface area contributed by atoms with Crippen molar-refractivity contribution in [3.8, 4) is 5.69 Å². The van der Waals surface area contributed by atoms with Gasteiger partial charge >= 0.3 is 0 Å². The fraction of sp³-hybridized carbons (Fsp3) is 0. The van der Waals surface area contributed by atoms with E-state index in [0.717, 1.165) is 4.47 Å². The molecule has 0 aliphatic carbocycles. The molecule has 2 aromatic heterocycles. The third kappa shape index (κ3) is 2.22. The highest BCUT2D eigenvalue weighted by Gasteiger charge is 2.13. The zero-order chi connectivity index (χ0) is 18.0. The second-order valence-electron chi connectivity index (χ2n) is 6.79. The van der Waals surface area contributed by atoms with Crippen molar-refractivity contribution < 1.29 is 0 Å². The van der Waals surface area contributed by atoms with Crippen LogP contribution >= 0.6 is 27.3 Å². The highest BCUT2D eigenvalue weighted by atomic mass is 79.9. The maximum atomic E-state index is 3.65. The first kappa shape index (κ1) is 15.4. The molecule has 1 nitrogen and oxygen atoms in total. The number of para-hydroxylation sites is 1. The molecule has 0 spiro atoms. The summed E-state index contributed by atoms with van der Waals surface area (Å²) in [5.41, 5.74) is 3.67. The molecule has 0 fully saturated rings. The van der Waals surface area contributed by atoms with E-state index in [2.05, 4.69) is 105 Å². The van der Waals surface area contributed by atoms with Gasteiger partial charge in [0, 0.05) is 41.1 Å². The Hall–Kier alpha value is -2.62. The molecule has 0 saturated carbocycles. The van der Waals surface area contributed by atoms with E-state index in [1.54, 1.807) is 0 Å². The Morgan fingerprint density at radius 1 is 0.593 bits per heavy atom. The molecule has 128 valence electrons. The Kier molecular flexibility index (Phi) is 3.25. The van der Waals surface area contributed by atoms with Crippen LogP contribution in [0.4, 0.5) is 0 Å². The van der Waals surface area contributed by atoms with Crippen LogP contribution in [0.2, 0.25) is 0 Å². The van der Waals surface area contributed by atoms with Gasteiger partial charge in [0.1, 0.15) is 0 Å². The smallest absolute Gasteiger partial charge is 0.0552 e. The van der Waals surface area contributed by atoms with E-state index in [9.17, 15) is 0 Å². The molecule has 0 bridgehead atoms. The van der Waals surface area contributed by atoms with Crippen LogP contribution in [0.5, 0.6) is 0 Å². The third-order valence-corrected chi connectivity index (χ3v) is 6.90. The van der Waals surface area contributed by atoms with Crippen LogP contribution in [0.25, 0.3) is 47.7 Å². The van der Waals surface area contributed by atoms with Gasteiger partial charge in [0.25, 0.3) is 0 Å². The van der Waals surface area contributed by atoms with E-state index in [1.807, 2.05) is 11.3 Å². The van der Waals surface area contributed by atoms with Gasteiger partial charge in [-0.15, -0.1) is 11.3 Å². The summed E-state index contributed by atoms with van der Waals surface area (Å²) in [6.45, 7) is 0. The largest absolute Gasteiger partial charge is 0.309 e. The number of benzene rings is 4. The van der Waals surface area contributed by atoms with Gasteiger partial charge in [-0.1, -0.05) is 58.4 Å². The lowest BCUT2D eigenvalue weighted by Crippen LogP contribution is -1.93. The summed E-state index contributed by atoms with van der Waals surface area (Å²) in [4.78, 5) is 0. The lowest BCUT2D eigenvalue weighted by Gasteiger charge is -2.08. The molecule has 0 aliphatic rings. The quantitative estimate of drug-likeness (QED) is 0.251. The average molecular weight is 428 g/mol. The van der Waals surface area contributed by atoms with Crippen molar-refractivity contribution in [1.82, 2.24) is 4.57 Å². The van der Waals surface area contributed by atoms with Gasteiger partial charge in [0.05, 0.1) is 11.0 Å². The predicted octanol–water partition coefficient (Wildman–Crippen LogP) is 7.91. The van der Waals surface area contributed by atoms with Crippen LogP contribution in [0.15, 0.2) is 89.4 Å². The molecule has 0 atom stereocenters. The molecule has 4 aromatic carbocycles. The van der Waals surface area contributed by atoms with Gasteiger partial charge in [-0.3, -0.25) is 0 Å². The van der Waals surface area contributed by atoms with E-state index in [4.69, 9.17) is 0 Å². The van der Waals surface area contributed by atoms with E-state index >= 15 is 0 Å². The van der Waals surface area contributed by atoms with Crippen molar-refractivity contribution in [2.45, 2.75) is 0 Å². The fourth-order valence-electron chi connectivity index (χ4n) is 4.08. The number of hydrogen-bond donors (Lipinski definition) is 0. The van der Waals surface area contributed by atoms with Gasteiger partial charge in [0.2, 0.25) is 0 Å². The monoisotopic (exact) mass is 427 g/mol. The highest BCUT2D eigenvalue weighted by molar-refractivity contribution is 9.10. The lowest BCUT2D eigenvalue weighted by atomic mass is 10.1. The van der Waals surface area contributed by atoms with Crippen molar-refractivity contribution in [2.75, 3.05) is 0 Å². The summed E-state index contributed by atoms with van der Waals surface area (Å²) >= 11 is 5.51. The minimum atomic E-state index is 1.10. The van der Waals surface area contributed by atoms with Crippen molar-refractivity contribution >= 4 is 69.2 Å². The molecular formula is C24H14BrNS. The van der Waals surface area contributed by atoms with Crippen molar-refractivity contribution in [2.24, 2.45) is 0 Å². The Morgan fingerprint density at radius 2 is 1.33 bits per heavy atom. The molecule has 2 heterocycles. The van der Waals surface area contributed by atoms with Crippen LogP contribution in [-0.2, 0) is 0 Å². The highest BCUT2D eigenvalue weighted by Crippen LogP contribution is 2.38. The van der Waals surface area contributed by atoms with Crippen molar-refractivity contribution in [3.05, 3.63) is 89.4 Å². The van der Waals surface area contributed by atoms with Gasteiger partial charge < -0.3 is 4.57 Å². The molecule has 0 aliphatic heterocycles. The molecule has 0 radical (unpaired) electrons. The molecule has 0 amide bonds.